The molecule has 0 fully saturated rings. The fourth-order valence-electron chi connectivity index (χ4n) is 1.90. The van der Waals surface area contributed by atoms with E-state index in [-0.39, 0.29) is 23.6 Å². The van der Waals surface area contributed by atoms with Gasteiger partial charge in [-0.15, -0.1) is 0 Å². The first kappa shape index (κ1) is 15.9. The summed E-state index contributed by atoms with van der Waals surface area (Å²) in [6.45, 7) is 4.00. The zero-order valence-corrected chi connectivity index (χ0v) is 12.6. The highest BCUT2D eigenvalue weighted by molar-refractivity contribution is 5.36. The molecule has 1 N–H and O–H groups in total. The molecule has 22 heavy (non-hydrogen) atoms. The van der Waals surface area contributed by atoms with E-state index < -0.39 is 11.6 Å². The van der Waals surface area contributed by atoms with E-state index in [1.807, 2.05) is 6.92 Å². The van der Waals surface area contributed by atoms with Crippen LogP contribution in [0.15, 0.2) is 24.4 Å². The molecule has 0 spiro atoms. The fourth-order valence-corrected chi connectivity index (χ4v) is 1.90. The molecule has 118 valence electrons. The summed E-state index contributed by atoms with van der Waals surface area (Å²) < 4.78 is 37.1. The molecule has 2 rings (SSSR count). The van der Waals surface area contributed by atoms with Crippen LogP contribution >= 0.6 is 0 Å². The molecule has 0 bridgehead atoms. The molecule has 2 aromatic rings. The molecule has 0 aliphatic carbocycles. The maximum atomic E-state index is 13.9. The van der Waals surface area contributed by atoms with Gasteiger partial charge in [0.05, 0.1) is 26.0 Å². The lowest BCUT2D eigenvalue weighted by atomic mass is 10.1. The summed E-state index contributed by atoms with van der Waals surface area (Å²) in [5.41, 5.74) is 0.688. The zero-order chi connectivity index (χ0) is 16.1. The molecular weight excluding hydrogens is 292 g/mol. The van der Waals surface area contributed by atoms with Crippen molar-refractivity contribution in [3.8, 4) is 11.6 Å². The number of benzene rings is 1. The smallest absolute Gasteiger partial charge is 0.255 e. The first-order valence-corrected chi connectivity index (χ1v) is 6.80. The lowest BCUT2D eigenvalue weighted by Gasteiger charge is -2.15. The van der Waals surface area contributed by atoms with Crippen molar-refractivity contribution in [1.82, 2.24) is 9.97 Å². The largest absolute Gasteiger partial charge is 0.491 e. The topological polar surface area (TPSA) is 56.3 Å². The molecule has 0 aliphatic heterocycles. The highest BCUT2D eigenvalue weighted by atomic mass is 19.1. The molecule has 1 atom stereocenters. The maximum absolute atomic E-state index is 13.9. The van der Waals surface area contributed by atoms with Gasteiger partial charge in [-0.05, 0) is 31.5 Å². The van der Waals surface area contributed by atoms with Gasteiger partial charge >= 0.3 is 0 Å². The van der Waals surface area contributed by atoms with Gasteiger partial charge in [0, 0.05) is 0 Å². The Hall–Kier alpha value is -2.44. The predicted octanol–water partition coefficient (Wildman–Crippen LogP) is 3.34. The second-order valence-electron chi connectivity index (χ2n) is 4.54. The molecule has 0 aliphatic rings. The molecule has 1 aromatic carbocycles. The van der Waals surface area contributed by atoms with Crippen LogP contribution in [0.1, 0.15) is 25.5 Å². The van der Waals surface area contributed by atoms with Crippen LogP contribution in [0.4, 0.5) is 14.7 Å². The third-order valence-electron chi connectivity index (χ3n) is 3.01. The fraction of sp³-hybridized carbons (Fsp3) is 0.333. The average molecular weight is 309 g/mol. The third kappa shape index (κ3) is 3.60. The second kappa shape index (κ2) is 7.02. The Kier molecular flexibility index (Phi) is 5.08. The number of nitrogens with one attached hydrogen (secondary N) is 1. The number of ether oxygens (including phenoxy) is 2. The number of rotatable bonds is 6. The molecular formula is C15H17F2N3O2. The summed E-state index contributed by atoms with van der Waals surface area (Å²) in [6.07, 6.45) is 1.01. The Morgan fingerprint density at radius 2 is 2.05 bits per heavy atom. The van der Waals surface area contributed by atoms with Crippen molar-refractivity contribution >= 4 is 5.95 Å². The highest BCUT2D eigenvalue weighted by Gasteiger charge is 2.13. The van der Waals surface area contributed by atoms with Crippen molar-refractivity contribution in [2.24, 2.45) is 0 Å². The van der Waals surface area contributed by atoms with Crippen molar-refractivity contribution in [2.75, 3.05) is 19.0 Å². The summed E-state index contributed by atoms with van der Waals surface area (Å²) in [4.78, 5) is 7.71. The van der Waals surface area contributed by atoms with Crippen molar-refractivity contribution in [1.29, 1.82) is 0 Å². The van der Waals surface area contributed by atoms with E-state index in [4.69, 9.17) is 9.47 Å². The summed E-state index contributed by atoms with van der Waals surface area (Å²) >= 11 is 0. The summed E-state index contributed by atoms with van der Waals surface area (Å²) in [5, 5.41) is 2.96. The van der Waals surface area contributed by atoms with Gasteiger partial charge < -0.3 is 14.8 Å². The van der Waals surface area contributed by atoms with Gasteiger partial charge in [-0.3, -0.25) is 0 Å². The van der Waals surface area contributed by atoms with Crippen LogP contribution in [0, 0.1) is 11.6 Å². The molecule has 0 radical (unpaired) electrons. The van der Waals surface area contributed by atoms with Gasteiger partial charge in [0.1, 0.15) is 0 Å². The monoisotopic (exact) mass is 309 g/mol. The first-order chi connectivity index (χ1) is 10.5. The number of hydrogen-bond acceptors (Lipinski definition) is 5. The molecule has 0 saturated heterocycles. The minimum Gasteiger partial charge on any atom is -0.491 e. The Morgan fingerprint density at radius 3 is 2.68 bits per heavy atom. The van der Waals surface area contributed by atoms with Gasteiger partial charge in [-0.1, -0.05) is 6.07 Å². The van der Waals surface area contributed by atoms with Crippen molar-refractivity contribution in [3.63, 3.8) is 0 Å². The number of methoxy groups -OCH3 is 1. The summed E-state index contributed by atoms with van der Waals surface area (Å²) in [7, 11) is 1.32. The molecule has 5 nitrogen and oxygen atoms in total. The molecule has 1 heterocycles. The maximum Gasteiger partial charge on any atom is 0.255 e. The quantitative estimate of drug-likeness (QED) is 0.887. The molecule has 1 unspecified atom stereocenters. The Bertz CT molecular complexity index is 653. The predicted molar refractivity (Wildman–Crippen MR) is 78.1 cm³/mol. The van der Waals surface area contributed by atoms with Gasteiger partial charge in [0.15, 0.2) is 11.6 Å². The number of halogens is 2. The molecule has 0 saturated carbocycles. The zero-order valence-electron chi connectivity index (χ0n) is 12.6. The van der Waals surface area contributed by atoms with E-state index in [0.29, 0.717) is 12.2 Å². The highest BCUT2D eigenvalue weighted by Crippen LogP contribution is 2.24. The number of anilines is 1. The SMILES string of the molecule is CCOc1ccc(C(C)Nc2ncc(F)c(OC)n2)cc1F. The minimum atomic E-state index is -0.646. The van der Waals surface area contributed by atoms with Gasteiger partial charge in [-0.2, -0.15) is 9.37 Å². The van der Waals surface area contributed by atoms with Crippen LogP contribution in [-0.4, -0.2) is 23.7 Å². The lowest BCUT2D eigenvalue weighted by Crippen LogP contribution is -2.11. The number of hydrogen-bond donors (Lipinski definition) is 1. The van der Waals surface area contributed by atoms with Gasteiger partial charge in [-0.25, -0.2) is 9.37 Å². The Morgan fingerprint density at radius 1 is 1.27 bits per heavy atom. The summed E-state index contributed by atoms with van der Waals surface area (Å²) in [5.74, 6) is -0.834. The van der Waals surface area contributed by atoms with Crippen LogP contribution < -0.4 is 14.8 Å². The van der Waals surface area contributed by atoms with Crippen LogP contribution in [0.25, 0.3) is 0 Å². The Labute approximate surface area is 127 Å². The van der Waals surface area contributed by atoms with Crippen molar-refractivity contribution in [3.05, 3.63) is 41.6 Å². The third-order valence-corrected chi connectivity index (χ3v) is 3.01. The van der Waals surface area contributed by atoms with E-state index in [1.54, 1.807) is 19.1 Å². The summed E-state index contributed by atoms with van der Waals surface area (Å²) in [6, 6.07) is 4.41. The normalized spacial score (nSPS) is 11.9. The second-order valence-corrected chi connectivity index (χ2v) is 4.54. The van der Waals surface area contributed by atoms with E-state index in [0.717, 1.165) is 6.20 Å². The molecule has 0 amide bonds. The standard InChI is InChI=1S/C15H17F2N3O2/c1-4-22-13-6-5-10(7-11(13)16)9(2)19-15-18-8-12(17)14(20-15)21-3/h5-9H,4H2,1-3H3,(H,18,19,20). The van der Waals surface area contributed by atoms with Crippen LogP contribution in [0.3, 0.4) is 0 Å². The minimum absolute atomic E-state index is 0.150. The van der Waals surface area contributed by atoms with Gasteiger partial charge in [0.2, 0.25) is 11.8 Å². The van der Waals surface area contributed by atoms with Crippen LogP contribution in [0.5, 0.6) is 11.6 Å². The molecule has 1 aromatic heterocycles. The van der Waals surface area contributed by atoms with E-state index in [9.17, 15) is 8.78 Å². The van der Waals surface area contributed by atoms with Crippen molar-refractivity contribution < 1.29 is 18.3 Å². The van der Waals surface area contributed by atoms with E-state index in [1.165, 1.54) is 13.2 Å². The van der Waals surface area contributed by atoms with Crippen LogP contribution in [0.2, 0.25) is 0 Å². The van der Waals surface area contributed by atoms with E-state index in [2.05, 4.69) is 15.3 Å². The first-order valence-electron chi connectivity index (χ1n) is 6.80. The molecule has 7 heteroatoms. The van der Waals surface area contributed by atoms with Gasteiger partial charge in [0.25, 0.3) is 5.88 Å². The number of nitrogens with zero attached hydrogens (tertiary/aromatic N) is 2. The average Bonchev–Trinajstić information content (AvgIpc) is 2.51. The lowest BCUT2D eigenvalue weighted by molar-refractivity contribution is 0.321. The Balaban J connectivity index is 2.15. The van der Waals surface area contributed by atoms with Crippen LogP contribution in [-0.2, 0) is 0 Å². The number of aromatic nitrogens is 2. The van der Waals surface area contributed by atoms with E-state index >= 15 is 0 Å². The van der Waals surface area contributed by atoms with Crippen molar-refractivity contribution in [2.45, 2.75) is 19.9 Å².